The molecule has 1 aliphatic heterocycles. The quantitative estimate of drug-likeness (QED) is 0.120. The van der Waals surface area contributed by atoms with Gasteiger partial charge in [0.15, 0.2) is 6.17 Å². The molecule has 3 N–H and O–H groups in total. The maximum atomic E-state index is 13.7. The van der Waals surface area contributed by atoms with Crippen LogP contribution in [0.1, 0.15) is 19.6 Å². The van der Waals surface area contributed by atoms with Crippen LogP contribution in [0.3, 0.4) is 0 Å². The normalized spacial score (nSPS) is 16.2. The summed E-state index contributed by atoms with van der Waals surface area (Å²) in [5, 5.41) is 29.4. The summed E-state index contributed by atoms with van der Waals surface area (Å²) in [6, 6.07) is 13.4. The number of carbonyl (C=O) groups is 3. The van der Waals surface area contributed by atoms with Crippen molar-refractivity contribution in [2.24, 2.45) is 5.10 Å². The molecule has 1 aromatic heterocycles. The average Bonchev–Trinajstić information content (AvgIpc) is 3.51. The summed E-state index contributed by atoms with van der Waals surface area (Å²) in [5.41, 5.74) is 1.64. The van der Waals surface area contributed by atoms with Gasteiger partial charge in [-0.25, -0.2) is 15.0 Å². The third-order valence-electron chi connectivity index (χ3n) is 6.35. The van der Waals surface area contributed by atoms with E-state index in [0.29, 0.717) is 26.5 Å². The number of furan rings is 1. The third-order valence-corrected chi connectivity index (χ3v) is 6.86. The van der Waals surface area contributed by atoms with Crippen molar-refractivity contribution in [1.29, 1.82) is 0 Å². The van der Waals surface area contributed by atoms with Crippen molar-refractivity contribution in [3.8, 4) is 0 Å². The Labute approximate surface area is 254 Å². The Bertz CT molecular complexity index is 1570. The predicted octanol–water partition coefficient (Wildman–Crippen LogP) is 5.58. The van der Waals surface area contributed by atoms with Gasteiger partial charge in [0.1, 0.15) is 17.2 Å². The fourth-order valence-corrected chi connectivity index (χ4v) is 4.55. The molecule has 1 atom stereocenters. The van der Waals surface area contributed by atoms with Crippen LogP contribution >= 0.6 is 23.2 Å². The van der Waals surface area contributed by atoms with Crippen LogP contribution in [0.4, 0.5) is 26.8 Å². The second kappa shape index (κ2) is 12.9. The van der Waals surface area contributed by atoms with Crippen molar-refractivity contribution >= 4 is 70.7 Å². The molecule has 0 aliphatic carbocycles. The van der Waals surface area contributed by atoms with E-state index in [1.165, 1.54) is 40.3 Å². The highest BCUT2D eigenvalue weighted by atomic mass is 35.5. The van der Waals surface area contributed by atoms with Crippen LogP contribution in [-0.2, 0) is 4.79 Å². The number of nitrogens with one attached hydrogen (secondary N) is 2. The molecule has 2 heterocycles. The average molecular weight is 630 g/mol. The number of hydrogen-bond acceptors (Lipinski definition) is 8. The second-order valence-electron chi connectivity index (χ2n) is 9.63. The van der Waals surface area contributed by atoms with E-state index < -0.39 is 47.0 Å². The van der Waals surface area contributed by atoms with Gasteiger partial charge in [0.25, 0.3) is 5.91 Å². The zero-order chi connectivity index (χ0) is 31.3. The van der Waals surface area contributed by atoms with Gasteiger partial charge in [0.2, 0.25) is 0 Å². The van der Waals surface area contributed by atoms with Crippen molar-refractivity contribution in [2.45, 2.75) is 25.6 Å². The molecule has 4 rings (SSSR count). The monoisotopic (exact) mass is 629 g/mol. The van der Waals surface area contributed by atoms with E-state index in [0.717, 1.165) is 0 Å². The van der Waals surface area contributed by atoms with E-state index in [1.807, 2.05) is 0 Å². The zero-order valence-corrected chi connectivity index (χ0v) is 24.2. The number of hydrazone groups is 1. The standard InChI is InChI=1S/C27H25Cl2N7O7/c1-27(2)24(35(40)25(38)31-19-9-5-17(28)6-10-19)34(20-11-7-18(29)8-12-20)26(39)33(27)16-22(37)32-30-15-3-4-21-13-14-23(43-21)36(41)42/h3-15,24,40H,16H2,1-2H3,(H,31,38)(H,32,37)/b4-3-,30-15-. The molecule has 1 aliphatic rings. The Hall–Kier alpha value is -4.92. The molecule has 0 spiro atoms. The molecular formula is C27H25Cl2N7O7. The number of allylic oxidation sites excluding steroid dienone is 1. The van der Waals surface area contributed by atoms with Gasteiger partial charge in [0, 0.05) is 27.6 Å². The fraction of sp³-hybridized carbons (Fsp3) is 0.185. The van der Waals surface area contributed by atoms with E-state index in [-0.39, 0.29) is 5.76 Å². The van der Waals surface area contributed by atoms with Gasteiger partial charge in [-0.3, -0.25) is 25.0 Å². The molecule has 0 radical (unpaired) electrons. The molecule has 224 valence electrons. The fourth-order valence-electron chi connectivity index (χ4n) is 4.29. The maximum Gasteiger partial charge on any atom is 0.433 e. The smallest absolute Gasteiger partial charge is 0.401 e. The van der Waals surface area contributed by atoms with Crippen LogP contribution < -0.4 is 15.6 Å². The minimum Gasteiger partial charge on any atom is -0.401 e. The van der Waals surface area contributed by atoms with Gasteiger partial charge >= 0.3 is 17.9 Å². The topological polar surface area (TPSA) is 174 Å². The van der Waals surface area contributed by atoms with Crippen molar-refractivity contribution in [3.05, 3.63) is 92.7 Å². The zero-order valence-electron chi connectivity index (χ0n) is 22.7. The van der Waals surface area contributed by atoms with E-state index in [4.69, 9.17) is 27.6 Å². The van der Waals surface area contributed by atoms with Gasteiger partial charge in [-0.1, -0.05) is 23.2 Å². The SMILES string of the molecule is CC1(C)C(N(O)C(=O)Nc2ccc(Cl)cc2)N(c2ccc(Cl)cc2)C(=O)N1CC(=O)N/N=C\C=C/c1ccc([N+](=O)[O-])o1. The first-order valence-electron chi connectivity index (χ1n) is 12.5. The summed E-state index contributed by atoms with van der Waals surface area (Å²) >= 11 is 11.9. The summed E-state index contributed by atoms with van der Waals surface area (Å²) in [6.07, 6.45) is 2.71. The predicted molar refractivity (Wildman–Crippen MR) is 159 cm³/mol. The van der Waals surface area contributed by atoms with E-state index in [2.05, 4.69) is 15.8 Å². The molecule has 0 bridgehead atoms. The summed E-state index contributed by atoms with van der Waals surface area (Å²) in [7, 11) is 0. The number of nitrogens with zero attached hydrogens (tertiary/aromatic N) is 5. The number of carbonyl (C=O) groups excluding carboxylic acids is 3. The number of anilines is 2. The number of benzene rings is 2. The van der Waals surface area contributed by atoms with E-state index >= 15 is 0 Å². The highest BCUT2D eigenvalue weighted by Crippen LogP contribution is 2.38. The number of amides is 5. The van der Waals surface area contributed by atoms with Crippen molar-refractivity contribution in [2.75, 3.05) is 16.8 Å². The van der Waals surface area contributed by atoms with Gasteiger partial charge in [-0.05, 0) is 80.6 Å². The van der Waals surface area contributed by atoms with Crippen LogP contribution in [0.2, 0.25) is 10.0 Å². The Morgan fingerprint density at radius 3 is 2.35 bits per heavy atom. The van der Waals surface area contributed by atoms with Gasteiger partial charge in [0.05, 0.1) is 11.6 Å². The van der Waals surface area contributed by atoms with Gasteiger partial charge < -0.3 is 14.6 Å². The Morgan fingerprint density at radius 1 is 1.12 bits per heavy atom. The Kier molecular flexibility index (Phi) is 9.34. The van der Waals surface area contributed by atoms with Crippen LogP contribution in [0.25, 0.3) is 6.08 Å². The van der Waals surface area contributed by atoms with Crippen molar-refractivity contribution in [3.63, 3.8) is 0 Å². The number of nitro groups is 1. The number of halogens is 2. The molecule has 43 heavy (non-hydrogen) atoms. The summed E-state index contributed by atoms with van der Waals surface area (Å²) < 4.78 is 4.98. The molecular weight excluding hydrogens is 605 g/mol. The largest absolute Gasteiger partial charge is 0.433 e. The molecule has 5 amide bonds. The lowest BCUT2D eigenvalue weighted by atomic mass is 9.99. The van der Waals surface area contributed by atoms with Crippen LogP contribution in [0.5, 0.6) is 0 Å². The number of urea groups is 2. The second-order valence-corrected chi connectivity index (χ2v) is 10.5. The molecule has 0 saturated carbocycles. The first-order chi connectivity index (χ1) is 20.4. The van der Waals surface area contributed by atoms with Crippen molar-refractivity contribution < 1.29 is 28.9 Å². The summed E-state index contributed by atoms with van der Waals surface area (Å²) in [6.45, 7) is 2.70. The van der Waals surface area contributed by atoms with Crippen LogP contribution in [-0.4, -0.2) is 62.5 Å². The van der Waals surface area contributed by atoms with Gasteiger partial charge in [-0.15, -0.1) is 0 Å². The molecule has 16 heteroatoms. The Balaban J connectivity index is 1.50. The highest BCUT2D eigenvalue weighted by molar-refractivity contribution is 6.31. The first-order valence-corrected chi connectivity index (χ1v) is 13.3. The Morgan fingerprint density at radius 2 is 1.74 bits per heavy atom. The number of hydroxylamine groups is 2. The number of rotatable bonds is 9. The van der Waals surface area contributed by atoms with E-state index in [1.54, 1.807) is 62.4 Å². The summed E-state index contributed by atoms with van der Waals surface area (Å²) in [5.74, 6) is -0.889. The minimum absolute atomic E-state index is 0.205. The first kappa shape index (κ1) is 31.0. The molecule has 1 unspecified atom stereocenters. The van der Waals surface area contributed by atoms with Crippen molar-refractivity contribution in [1.82, 2.24) is 15.4 Å². The van der Waals surface area contributed by atoms with Crippen LogP contribution in [0.15, 0.2) is 76.3 Å². The third kappa shape index (κ3) is 7.12. The lowest BCUT2D eigenvalue weighted by molar-refractivity contribution is -0.402. The minimum atomic E-state index is -1.31. The lowest BCUT2D eigenvalue weighted by Gasteiger charge is -2.38. The maximum absolute atomic E-state index is 13.7. The molecule has 1 fully saturated rings. The van der Waals surface area contributed by atoms with Gasteiger partial charge in [-0.2, -0.15) is 10.2 Å². The molecule has 2 aromatic carbocycles. The molecule has 1 saturated heterocycles. The van der Waals surface area contributed by atoms with E-state index in [9.17, 15) is 29.7 Å². The number of hydrogen-bond donors (Lipinski definition) is 3. The highest BCUT2D eigenvalue weighted by Gasteiger charge is 2.56. The van der Waals surface area contributed by atoms with Crippen LogP contribution in [0, 0.1) is 10.1 Å². The summed E-state index contributed by atoms with van der Waals surface area (Å²) in [4.78, 5) is 52.0. The molecule has 14 nitrogen and oxygen atoms in total. The molecule has 3 aromatic rings. The lowest BCUT2D eigenvalue weighted by Crippen LogP contribution is -2.58.